The van der Waals surface area contributed by atoms with Crippen molar-refractivity contribution in [2.45, 2.75) is 44.9 Å². The summed E-state index contributed by atoms with van der Waals surface area (Å²) in [6.07, 6.45) is -2.96. The lowest BCUT2D eigenvalue weighted by Crippen LogP contribution is -2.53. The second-order valence-corrected chi connectivity index (χ2v) is 8.65. The van der Waals surface area contributed by atoms with Crippen LogP contribution in [0, 0.1) is 6.92 Å². The summed E-state index contributed by atoms with van der Waals surface area (Å²) < 4.78 is 41.4. The lowest BCUT2D eigenvalue weighted by molar-refractivity contribution is -0.138. The van der Waals surface area contributed by atoms with Crippen molar-refractivity contribution in [3.63, 3.8) is 0 Å². The molecule has 3 rings (SSSR count). The number of hydrogen-bond acceptors (Lipinski definition) is 2. The van der Waals surface area contributed by atoms with Crippen LogP contribution < -0.4 is 10.6 Å². The summed E-state index contributed by atoms with van der Waals surface area (Å²) in [6, 6.07) is 15.8. The van der Waals surface area contributed by atoms with Crippen molar-refractivity contribution < 1.29 is 18.0 Å². The smallest absolute Gasteiger partial charge is 0.336 e. The first-order valence-electron chi connectivity index (χ1n) is 10.4. The summed E-state index contributed by atoms with van der Waals surface area (Å²) in [4.78, 5) is 17.3. The number of carbonyl (C=O) groups excluding carboxylic acids is 1. The maximum absolute atomic E-state index is 13.8. The molecule has 0 aliphatic rings. The Bertz CT molecular complexity index is 1100. The first-order chi connectivity index (χ1) is 15.5. The van der Waals surface area contributed by atoms with Crippen LogP contribution in [0.3, 0.4) is 0 Å². The van der Waals surface area contributed by atoms with Crippen LogP contribution in [0.4, 0.5) is 18.0 Å². The van der Waals surface area contributed by atoms with Crippen molar-refractivity contribution in [3.05, 3.63) is 99.8 Å². The molecule has 3 aromatic rings. The van der Waals surface area contributed by atoms with Crippen LogP contribution in [0.5, 0.6) is 0 Å². The van der Waals surface area contributed by atoms with E-state index in [0.717, 1.165) is 11.6 Å². The maximum atomic E-state index is 13.8. The van der Waals surface area contributed by atoms with Gasteiger partial charge in [-0.05, 0) is 55.7 Å². The molecule has 2 N–H and O–H groups in total. The number of benzene rings is 2. The van der Waals surface area contributed by atoms with E-state index in [4.69, 9.17) is 11.6 Å². The molecule has 2 aromatic carbocycles. The zero-order chi connectivity index (χ0) is 24.2. The molecule has 8 heteroatoms. The van der Waals surface area contributed by atoms with Crippen LogP contribution in [0.15, 0.2) is 66.9 Å². The van der Waals surface area contributed by atoms with Crippen LogP contribution in [-0.4, -0.2) is 17.1 Å². The maximum Gasteiger partial charge on any atom is 0.416 e. The van der Waals surface area contributed by atoms with E-state index >= 15 is 0 Å². The van der Waals surface area contributed by atoms with Crippen molar-refractivity contribution in [2.24, 2.45) is 0 Å². The topological polar surface area (TPSA) is 54.0 Å². The fraction of sp³-hybridized carbons (Fsp3) is 0.280. The van der Waals surface area contributed by atoms with Crippen molar-refractivity contribution in [1.82, 2.24) is 15.6 Å². The average molecular weight is 476 g/mol. The molecule has 4 nitrogen and oxygen atoms in total. The van der Waals surface area contributed by atoms with Gasteiger partial charge >= 0.3 is 12.2 Å². The summed E-state index contributed by atoms with van der Waals surface area (Å²) in [5, 5.41) is 6.08. The highest BCUT2D eigenvalue weighted by atomic mass is 35.5. The Morgan fingerprint density at radius 2 is 1.76 bits per heavy atom. The number of pyridine rings is 1. The molecule has 1 aromatic heterocycles. The van der Waals surface area contributed by atoms with Crippen LogP contribution in [0.1, 0.15) is 41.8 Å². The summed E-state index contributed by atoms with van der Waals surface area (Å²) in [5.74, 6) is 0. The van der Waals surface area contributed by atoms with Gasteiger partial charge in [0.2, 0.25) is 0 Å². The number of nitrogens with one attached hydrogen (secondary N) is 2. The Balaban J connectivity index is 2.28. The summed E-state index contributed by atoms with van der Waals surface area (Å²) in [6.45, 7) is 5.00. The summed E-state index contributed by atoms with van der Waals surface area (Å²) >= 11 is 6.04. The second kappa shape index (κ2) is 9.83. The number of amides is 2. The average Bonchev–Trinajstić information content (AvgIpc) is 2.73. The van der Waals surface area contributed by atoms with E-state index in [0.29, 0.717) is 10.7 Å². The number of carbonyl (C=O) groups is 1. The largest absolute Gasteiger partial charge is 0.416 e. The molecular weight excluding hydrogens is 451 g/mol. The normalized spacial score (nSPS) is 13.5. The first-order valence-corrected chi connectivity index (χ1v) is 10.8. The SMILES string of the molecule is Cc1ccc(C(Cc2ccccc2)(NC(=O)NC(C)C)c2ccc(Cl)cn2)cc1C(F)(F)F. The van der Waals surface area contributed by atoms with E-state index < -0.39 is 23.3 Å². The lowest BCUT2D eigenvalue weighted by Gasteiger charge is -2.36. The number of nitrogens with zero attached hydrogens (tertiary/aromatic N) is 1. The minimum atomic E-state index is -4.55. The van der Waals surface area contributed by atoms with E-state index in [1.165, 1.54) is 19.2 Å². The van der Waals surface area contributed by atoms with Gasteiger partial charge in [-0.1, -0.05) is 54.1 Å². The zero-order valence-electron chi connectivity index (χ0n) is 18.5. The molecule has 0 spiro atoms. The fourth-order valence-electron chi connectivity index (χ4n) is 3.74. The molecule has 0 fully saturated rings. The quantitative estimate of drug-likeness (QED) is 0.442. The van der Waals surface area contributed by atoms with Gasteiger partial charge in [-0.15, -0.1) is 0 Å². The summed E-state index contributed by atoms with van der Waals surface area (Å²) in [7, 11) is 0. The van der Waals surface area contributed by atoms with Gasteiger partial charge in [0.25, 0.3) is 0 Å². The number of hydrogen-bond donors (Lipinski definition) is 2. The number of aryl methyl sites for hydroxylation is 1. The Labute approximate surface area is 196 Å². The van der Waals surface area contributed by atoms with Crippen molar-refractivity contribution >= 4 is 17.6 Å². The van der Waals surface area contributed by atoms with E-state index in [1.807, 2.05) is 30.3 Å². The molecule has 0 saturated carbocycles. The van der Waals surface area contributed by atoms with E-state index in [1.54, 1.807) is 32.0 Å². The minimum Gasteiger partial charge on any atom is -0.336 e. The molecule has 0 aliphatic heterocycles. The molecule has 1 unspecified atom stereocenters. The van der Waals surface area contributed by atoms with Gasteiger partial charge in [-0.2, -0.15) is 13.2 Å². The van der Waals surface area contributed by atoms with Gasteiger partial charge in [0.1, 0.15) is 5.54 Å². The molecule has 1 atom stereocenters. The Morgan fingerprint density at radius 1 is 1.06 bits per heavy atom. The van der Waals surface area contributed by atoms with E-state index in [9.17, 15) is 18.0 Å². The van der Waals surface area contributed by atoms with E-state index in [-0.39, 0.29) is 23.6 Å². The van der Waals surface area contributed by atoms with Gasteiger partial charge in [0.05, 0.1) is 16.3 Å². The van der Waals surface area contributed by atoms with Gasteiger partial charge in [0, 0.05) is 18.7 Å². The molecule has 0 saturated heterocycles. The number of halogens is 4. The number of urea groups is 1. The van der Waals surface area contributed by atoms with Crippen molar-refractivity contribution in [1.29, 1.82) is 0 Å². The van der Waals surface area contributed by atoms with Crippen LogP contribution in [0.2, 0.25) is 5.02 Å². The molecule has 2 amide bonds. The van der Waals surface area contributed by atoms with Crippen LogP contribution in [0.25, 0.3) is 0 Å². The lowest BCUT2D eigenvalue weighted by atomic mass is 9.79. The molecule has 33 heavy (non-hydrogen) atoms. The Morgan fingerprint density at radius 3 is 2.33 bits per heavy atom. The van der Waals surface area contributed by atoms with Gasteiger partial charge < -0.3 is 10.6 Å². The standard InChI is InChI=1S/C25H25ClF3N3O/c1-16(2)31-23(33)32-24(14-18-7-5-4-6-8-18,22-12-11-20(26)15-30-22)19-10-9-17(3)21(13-19)25(27,28)29/h4-13,15-16H,14H2,1-3H3,(H2,31,32,33). The highest BCUT2D eigenvalue weighted by Gasteiger charge is 2.41. The first kappa shape index (κ1) is 24.6. The number of aromatic nitrogens is 1. The van der Waals surface area contributed by atoms with Crippen LogP contribution >= 0.6 is 11.6 Å². The van der Waals surface area contributed by atoms with Gasteiger partial charge in [0.15, 0.2) is 0 Å². The fourth-order valence-corrected chi connectivity index (χ4v) is 3.85. The number of rotatable bonds is 6. The van der Waals surface area contributed by atoms with Crippen LogP contribution in [-0.2, 0) is 18.1 Å². The third-order valence-electron chi connectivity index (χ3n) is 5.26. The van der Waals surface area contributed by atoms with Gasteiger partial charge in [-0.25, -0.2) is 4.79 Å². The molecule has 0 radical (unpaired) electrons. The predicted molar refractivity (Wildman–Crippen MR) is 123 cm³/mol. The Hall–Kier alpha value is -3.06. The minimum absolute atomic E-state index is 0.0931. The highest BCUT2D eigenvalue weighted by Crippen LogP contribution is 2.38. The summed E-state index contributed by atoms with van der Waals surface area (Å²) in [5.41, 5.74) is -0.621. The molecular formula is C25H25ClF3N3O. The van der Waals surface area contributed by atoms with E-state index in [2.05, 4.69) is 15.6 Å². The monoisotopic (exact) mass is 475 g/mol. The third kappa shape index (κ3) is 5.85. The zero-order valence-corrected chi connectivity index (χ0v) is 19.3. The molecule has 0 bridgehead atoms. The van der Waals surface area contributed by atoms with Gasteiger partial charge in [-0.3, -0.25) is 4.98 Å². The molecule has 1 heterocycles. The highest BCUT2D eigenvalue weighted by molar-refractivity contribution is 6.30. The molecule has 0 aliphatic carbocycles. The predicted octanol–water partition coefficient (Wildman–Crippen LogP) is 6.26. The number of alkyl halides is 3. The second-order valence-electron chi connectivity index (χ2n) is 8.21. The molecule has 174 valence electrons. The third-order valence-corrected chi connectivity index (χ3v) is 5.48. The van der Waals surface area contributed by atoms with Crippen molar-refractivity contribution in [2.75, 3.05) is 0 Å². The van der Waals surface area contributed by atoms with Crippen molar-refractivity contribution in [3.8, 4) is 0 Å². The Kier molecular flexibility index (Phi) is 7.32.